The number of aromatic nitrogens is 1. The Morgan fingerprint density at radius 3 is 2.71 bits per heavy atom. The fraction of sp³-hybridized carbons (Fsp3) is 0.407. The molecule has 1 aliphatic carbocycles. The summed E-state index contributed by atoms with van der Waals surface area (Å²) in [4.78, 5) is 27.0. The number of urea groups is 1. The van der Waals surface area contributed by atoms with Gasteiger partial charge in [0.05, 0.1) is 6.61 Å². The van der Waals surface area contributed by atoms with Crippen molar-refractivity contribution in [2.24, 2.45) is 0 Å². The van der Waals surface area contributed by atoms with E-state index < -0.39 is 12.0 Å². The van der Waals surface area contributed by atoms with E-state index in [-0.39, 0.29) is 17.9 Å². The number of methoxy groups -OCH3 is 1. The summed E-state index contributed by atoms with van der Waals surface area (Å²) in [6, 6.07) is 13.2. The van der Waals surface area contributed by atoms with Crippen molar-refractivity contribution in [1.29, 1.82) is 0 Å². The fourth-order valence-electron chi connectivity index (χ4n) is 5.15. The first-order chi connectivity index (χ1) is 16.9. The predicted molar refractivity (Wildman–Crippen MR) is 132 cm³/mol. The lowest BCUT2D eigenvalue weighted by Gasteiger charge is -2.35. The number of fused-ring (bicyclic) bond motifs is 3. The van der Waals surface area contributed by atoms with Crippen LogP contribution >= 0.6 is 0 Å². The summed E-state index contributed by atoms with van der Waals surface area (Å²) in [5, 5.41) is 13.6. The number of amides is 2. The number of carboxylic acids is 1. The summed E-state index contributed by atoms with van der Waals surface area (Å²) in [7, 11) is 1.60. The second-order valence-corrected chi connectivity index (χ2v) is 8.95. The highest BCUT2D eigenvalue weighted by molar-refractivity contribution is 5.88. The van der Waals surface area contributed by atoms with E-state index in [4.69, 9.17) is 4.74 Å². The fourth-order valence-corrected chi connectivity index (χ4v) is 5.15. The lowest BCUT2D eigenvalue weighted by molar-refractivity contribution is -0.140. The standard InChI is InChI=1S/C27H32FN3O4/c1-3-23(26(32)33)31-24-11-9-19(28)15-21(24)22-16-20(10-12-25(22)31)30(13-14-35-2)27(34)29-17-18-7-5-4-6-8-18/h4-9,11,15,20,23H,3,10,12-14,16-17H2,1-2H3,(H,29,34)(H,32,33)/t20-,23?/m0/s1. The summed E-state index contributed by atoms with van der Waals surface area (Å²) < 4.78 is 21.4. The van der Waals surface area contributed by atoms with Gasteiger partial charge in [-0.3, -0.25) is 0 Å². The highest BCUT2D eigenvalue weighted by atomic mass is 19.1. The van der Waals surface area contributed by atoms with Crippen molar-refractivity contribution in [2.75, 3.05) is 20.3 Å². The third kappa shape index (κ3) is 5.17. The minimum absolute atomic E-state index is 0.111. The molecule has 2 atom stereocenters. The number of aliphatic carboxylic acids is 1. The van der Waals surface area contributed by atoms with Crippen molar-refractivity contribution in [2.45, 2.75) is 51.2 Å². The van der Waals surface area contributed by atoms with Crippen LogP contribution in [-0.4, -0.2) is 52.9 Å². The molecule has 0 bridgehead atoms. The van der Waals surface area contributed by atoms with E-state index in [1.54, 1.807) is 18.1 Å². The molecular weight excluding hydrogens is 449 g/mol. The van der Waals surface area contributed by atoms with Gasteiger partial charge in [0, 0.05) is 42.8 Å². The van der Waals surface area contributed by atoms with E-state index >= 15 is 0 Å². The van der Waals surface area contributed by atoms with Gasteiger partial charge in [-0.15, -0.1) is 0 Å². The Kier molecular flexibility index (Phi) is 7.70. The first-order valence-electron chi connectivity index (χ1n) is 12.1. The highest BCUT2D eigenvalue weighted by Gasteiger charge is 2.33. The maximum Gasteiger partial charge on any atom is 0.326 e. The third-order valence-electron chi connectivity index (χ3n) is 6.84. The number of nitrogens with zero attached hydrogens (tertiary/aromatic N) is 2. The average molecular weight is 482 g/mol. The van der Waals surface area contributed by atoms with Gasteiger partial charge in [-0.05, 0) is 55.0 Å². The Bertz CT molecular complexity index is 1190. The number of carbonyl (C=O) groups is 2. The molecule has 0 aliphatic heterocycles. The zero-order chi connectivity index (χ0) is 24.9. The van der Waals surface area contributed by atoms with E-state index in [1.165, 1.54) is 12.1 Å². The topological polar surface area (TPSA) is 83.8 Å². The van der Waals surface area contributed by atoms with Crippen molar-refractivity contribution >= 4 is 22.9 Å². The van der Waals surface area contributed by atoms with E-state index in [9.17, 15) is 19.1 Å². The smallest absolute Gasteiger partial charge is 0.326 e. The van der Waals surface area contributed by atoms with Crippen molar-refractivity contribution in [1.82, 2.24) is 14.8 Å². The molecule has 35 heavy (non-hydrogen) atoms. The van der Waals surface area contributed by atoms with Gasteiger partial charge in [0.15, 0.2) is 0 Å². The molecule has 0 radical (unpaired) electrons. The molecule has 1 heterocycles. The molecule has 186 valence electrons. The van der Waals surface area contributed by atoms with Crippen LogP contribution in [0.3, 0.4) is 0 Å². The number of hydrogen-bond donors (Lipinski definition) is 2. The molecule has 0 saturated carbocycles. The van der Waals surface area contributed by atoms with E-state index in [0.717, 1.165) is 27.7 Å². The zero-order valence-electron chi connectivity index (χ0n) is 20.2. The third-order valence-corrected chi connectivity index (χ3v) is 6.84. The second-order valence-electron chi connectivity index (χ2n) is 8.95. The second kappa shape index (κ2) is 10.9. The number of rotatable bonds is 9. The molecule has 2 amide bonds. The van der Waals surface area contributed by atoms with E-state index in [0.29, 0.717) is 45.4 Å². The molecule has 7 nitrogen and oxygen atoms in total. The van der Waals surface area contributed by atoms with Crippen molar-refractivity contribution in [3.8, 4) is 0 Å². The predicted octanol–water partition coefficient (Wildman–Crippen LogP) is 4.53. The molecule has 1 aromatic heterocycles. The molecule has 0 spiro atoms. The zero-order valence-corrected chi connectivity index (χ0v) is 20.2. The van der Waals surface area contributed by atoms with E-state index in [2.05, 4.69) is 5.32 Å². The Hall–Kier alpha value is -3.39. The molecule has 4 rings (SSSR count). The number of halogens is 1. The molecule has 3 aromatic rings. The molecule has 8 heteroatoms. The van der Waals surface area contributed by atoms with Crippen LogP contribution in [0.4, 0.5) is 9.18 Å². The molecular formula is C27H32FN3O4. The van der Waals surface area contributed by atoms with Crippen molar-refractivity contribution in [3.05, 3.63) is 71.2 Å². The molecule has 2 N–H and O–H groups in total. The molecule has 0 saturated heterocycles. The van der Waals surface area contributed by atoms with Crippen LogP contribution in [0.2, 0.25) is 0 Å². The first-order valence-corrected chi connectivity index (χ1v) is 12.1. The Balaban J connectivity index is 1.64. The summed E-state index contributed by atoms with van der Waals surface area (Å²) in [5.74, 6) is -1.26. The molecule has 1 aliphatic rings. The average Bonchev–Trinajstić information content (AvgIpc) is 3.17. The highest BCUT2D eigenvalue weighted by Crippen LogP contribution is 2.37. The van der Waals surface area contributed by atoms with Gasteiger partial charge in [0.2, 0.25) is 0 Å². The lowest BCUT2D eigenvalue weighted by Crippen LogP contribution is -2.49. The van der Waals surface area contributed by atoms with Crippen LogP contribution in [0.25, 0.3) is 10.9 Å². The Morgan fingerprint density at radius 1 is 1.26 bits per heavy atom. The van der Waals surface area contributed by atoms with Crippen LogP contribution < -0.4 is 5.32 Å². The largest absolute Gasteiger partial charge is 0.480 e. The minimum Gasteiger partial charge on any atom is -0.480 e. The number of ether oxygens (including phenoxy) is 1. The maximum absolute atomic E-state index is 14.3. The number of nitrogens with one attached hydrogen (secondary N) is 1. The molecule has 2 aromatic carbocycles. The van der Waals surface area contributed by atoms with Gasteiger partial charge in [-0.1, -0.05) is 37.3 Å². The summed E-state index contributed by atoms with van der Waals surface area (Å²) >= 11 is 0. The van der Waals surface area contributed by atoms with Gasteiger partial charge in [-0.2, -0.15) is 0 Å². The Morgan fingerprint density at radius 2 is 2.03 bits per heavy atom. The number of benzene rings is 2. The summed E-state index contributed by atoms with van der Waals surface area (Å²) in [6.45, 7) is 3.09. The van der Waals surface area contributed by atoms with Gasteiger partial charge < -0.3 is 24.6 Å². The summed E-state index contributed by atoms with van der Waals surface area (Å²) in [6.07, 6.45) is 2.24. The quantitative estimate of drug-likeness (QED) is 0.470. The normalized spacial score (nSPS) is 16.0. The lowest BCUT2D eigenvalue weighted by atomic mass is 9.90. The number of carboxylic acid groups (broad SMARTS) is 1. The monoisotopic (exact) mass is 481 g/mol. The van der Waals surface area contributed by atoms with Gasteiger partial charge in [-0.25, -0.2) is 14.0 Å². The van der Waals surface area contributed by atoms with Crippen LogP contribution in [0, 0.1) is 5.82 Å². The first kappa shape index (κ1) is 24.7. The van der Waals surface area contributed by atoms with Crippen LogP contribution in [0.15, 0.2) is 48.5 Å². The molecule has 0 fully saturated rings. The van der Waals surface area contributed by atoms with E-state index in [1.807, 2.05) is 41.8 Å². The van der Waals surface area contributed by atoms with Gasteiger partial charge in [0.25, 0.3) is 0 Å². The van der Waals surface area contributed by atoms with Crippen LogP contribution in [0.1, 0.15) is 42.6 Å². The van der Waals surface area contributed by atoms with Gasteiger partial charge >= 0.3 is 12.0 Å². The SMILES string of the molecule is CCC(C(=O)O)n1c2c(c3cc(F)ccc31)C[C@@H](N(CCOC)C(=O)NCc1ccccc1)CC2. The van der Waals surface area contributed by atoms with Crippen molar-refractivity contribution in [3.63, 3.8) is 0 Å². The number of carbonyl (C=O) groups excluding carboxylic acids is 1. The Labute approximate surface area is 204 Å². The van der Waals surface area contributed by atoms with Crippen LogP contribution in [-0.2, 0) is 28.9 Å². The molecule has 1 unspecified atom stereocenters. The van der Waals surface area contributed by atoms with Gasteiger partial charge in [0.1, 0.15) is 11.9 Å². The summed E-state index contributed by atoms with van der Waals surface area (Å²) in [5.41, 5.74) is 3.58. The maximum atomic E-state index is 14.3. The van der Waals surface area contributed by atoms with Crippen LogP contribution in [0.5, 0.6) is 0 Å². The minimum atomic E-state index is -0.902. The van der Waals surface area contributed by atoms with Crippen molar-refractivity contribution < 1.29 is 23.8 Å². The number of hydrogen-bond acceptors (Lipinski definition) is 3.